The molecule has 1 atom stereocenters. The predicted molar refractivity (Wildman–Crippen MR) is 178 cm³/mol. The van der Waals surface area contributed by atoms with Gasteiger partial charge >= 0.3 is 6.11 Å². The maximum atomic E-state index is 15.7. The topological polar surface area (TPSA) is 54.3 Å². The summed E-state index contributed by atoms with van der Waals surface area (Å²) in [4.78, 5) is 0. The van der Waals surface area contributed by atoms with E-state index in [0.29, 0.717) is 29.7 Å². The van der Waals surface area contributed by atoms with Gasteiger partial charge in [-0.3, -0.25) is 0 Å². The molecule has 48 heavy (non-hydrogen) atoms. The third-order valence-corrected chi connectivity index (χ3v) is 8.32. The number of anilines is 1. The van der Waals surface area contributed by atoms with Crippen LogP contribution in [0.4, 0.5) is 27.6 Å². The van der Waals surface area contributed by atoms with E-state index in [1.807, 2.05) is 6.07 Å². The number of rotatable bonds is 18. The zero-order chi connectivity index (χ0) is 34.6. The van der Waals surface area contributed by atoms with E-state index in [2.05, 4.69) is 5.32 Å². The summed E-state index contributed by atoms with van der Waals surface area (Å²) >= 11 is 0. The number of hydrogen-bond acceptors (Lipinski definition) is 4. The van der Waals surface area contributed by atoms with E-state index in [-0.39, 0.29) is 17.7 Å². The molecule has 4 aromatic carbocycles. The van der Waals surface area contributed by atoms with E-state index in [1.54, 1.807) is 44.3 Å². The number of alkyl halides is 3. The summed E-state index contributed by atoms with van der Waals surface area (Å²) in [6.07, 6.45) is 3.98. The van der Waals surface area contributed by atoms with Gasteiger partial charge < -0.3 is 14.8 Å². The molecule has 0 aliphatic heterocycles. The highest BCUT2D eigenvalue weighted by Crippen LogP contribution is 2.36. The van der Waals surface area contributed by atoms with E-state index in [0.717, 1.165) is 68.3 Å². The lowest BCUT2D eigenvalue weighted by Crippen LogP contribution is -2.28. The minimum Gasteiger partial charge on any atom is -0.454 e. The molecule has 0 aliphatic carbocycles. The van der Waals surface area contributed by atoms with Crippen molar-refractivity contribution in [3.63, 3.8) is 0 Å². The van der Waals surface area contributed by atoms with E-state index < -0.39 is 29.2 Å². The van der Waals surface area contributed by atoms with Gasteiger partial charge in [0, 0.05) is 19.2 Å². The molecule has 4 aromatic rings. The molecule has 4 nitrogen and oxygen atoms in total. The van der Waals surface area contributed by atoms with Crippen LogP contribution in [-0.4, -0.2) is 7.05 Å². The maximum absolute atomic E-state index is 15.7. The van der Waals surface area contributed by atoms with Gasteiger partial charge in [0.1, 0.15) is 23.1 Å². The molecule has 9 heteroatoms. The van der Waals surface area contributed by atoms with Crippen LogP contribution in [0.2, 0.25) is 0 Å². The number of hydrogen-bond donors (Lipinski definition) is 1. The number of aryl methyl sites for hydroxylation is 2. The fraction of sp³-hybridized carbons (Fsp3) is 0.359. The lowest BCUT2D eigenvalue weighted by molar-refractivity contribution is -0.187. The molecule has 0 heterocycles. The number of nitrogens with zero attached hydrogens (tertiary/aromatic N) is 1. The molecule has 4 rings (SSSR count). The van der Waals surface area contributed by atoms with Gasteiger partial charge in [0.25, 0.3) is 5.85 Å². The van der Waals surface area contributed by atoms with Crippen molar-refractivity contribution < 1.29 is 31.4 Å². The quantitative estimate of drug-likeness (QED) is 0.0850. The zero-order valence-electron chi connectivity index (χ0n) is 27.3. The summed E-state index contributed by atoms with van der Waals surface area (Å²) in [7, 11) is 1.78. The van der Waals surface area contributed by atoms with Gasteiger partial charge in [0.05, 0.1) is 22.8 Å². The van der Waals surface area contributed by atoms with Crippen LogP contribution in [0.5, 0.6) is 11.5 Å². The normalized spacial score (nSPS) is 12.6. The fourth-order valence-electron chi connectivity index (χ4n) is 5.50. The minimum absolute atomic E-state index is 0.0451. The molecule has 0 aromatic heterocycles. The lowest BCUT2D eigenvalue weighted by atomic mass is 9.99. The Balaban J connectivity index is 1.14. The molecule has 0 aliphatic rings. The first-order chi connectivity index (χ1) is 23.1. The maximum Gasteiger partial charge on any atom is 0.429 e. The SMILES string of the molecule is CCC(F)(Oc1ccc(NC)cc1)c1ccc(CCCCCCCCCc2ccc(C(F)(F)Oc3ccc(C#N)cc3)c(F)c2)cc1F. The first-order valence-corrected chi connectivity index (χ1v) is 16.4. The van der Waals surface area contributed by atoms with Gasteiger partial charge in [-0.15, -0.1) is 0 Å². The third kappa shape index (κ3) is 9.96. The Morgan fingerprint density at radius 1 is 0.646 bits per heavy atom. The average Bonchev–Trinajstić information content (AvgIpc) is 3.08. The highest BCUT2D eigenvalue weighted by Gasteiger charge is 2.38. The summed E-state index contributed by atoms with van der Waals surface area (Å²) in [5.74, 6) is -3.78. The van der Waals surface area contributed by atoms with E-state index in [4.69, 9.17) is 14.7 Å². The van der Waals surface area contributed by atoms with E-state index in [1.165, 1.54) is 42.5 Å². The first kappa shape index (κ1) is 36.3. The molecule has 0 amide bonds. The minimum atomic E-state index is -3.86. The molecular weight excluding hydrogens is 623 g/mol. The number of unbranched alkanes of at least 4 members (excludes halogenated alkanes) is 6. The molecule has 0 saturated carbocycles. The molecule has 1 N–H and O–H groups in total. The summed E-state index contributed by atoms with van der Waals surface area (Å²) in [5, 5.41) is 11.8. The number of benzene rings is 4. The molecule has 0 spiro atoms. The average molecular weight is 665 g/mol. The van der Waals surface area contributed by atoms with Crippen molar-refractivity contribution in [1.82, 2.24) is 0 Å². The smallest absolute Gasteiger partial charge is 0.429 e. The molecule has 0 saturated heterocycles. The van der Waals surface area contributed by atoms with Crippen molar-refractivity contribution in [3.05, 3.63) is 124 Å². The van der Waals surface area contributed by atoms with Crippen molar-refractivity contribution in [3.8, 4) is 17.6 Å². The monoisotopic (exact) mass is 664 g/mol. The Hall–Kier alpha value is -4.58. The Morgan fingerprint density at radius 2 is 1.12 bits per heavy atom. The number of ether oxygens (including phenoxy) is 2. The fourth-order valence-corrected chi connectivity index (χ4v) is 5.50. The van der Waals surface area contributed by atoms with Gasteiger partial charge in [-0.2, -0.15) is 18.4 Å². The second-order valence-corrected chi connectivity index (χ2v) is 11.8. The van der Waals surface area contributed by atoms with Crippen LogP contribution in [0.15, 0.2) is 84.9 Å². The predicted octanol–water partition coefficient (Wildman–Crippen LogP) is 11.1. The molecular formula is C39H41F5N2O2. The molecule has 254 valence electrons. The van der Waals surface area contributed by atoms with Gasteiger partial charge in [0.15, 0.2) is 0 Å². The van der Waals surface area contributed by atoms with Crippen LogP contribution in [0.1, 0.15) is 86.1 Å². The second-order valence-electron chi connectivity index (χ2n) is 11.8. The van der Waals surface area contributed by atoms with Gasteiger partial charge in [0.2, 0.25) is 0 Å². The summed E-state index contributed by atoms with van der Waals surface area (Å²) < 4.78 is 84.9. The van der Waals surface area contributed by atoms with Crippen LogP contribution in [0.3, 0.4) is 0 Å². The van der Waals surface area contributed by atoms with Crippen molar-refractivity contribution in [2.45, 2.75) is 83.1 Å². The Kier molecular flexibility index (Phi) is 12.8. The Labute approximate surface area is 279 Å². The van der Waals surface area contributed by atoms with Crippen molar-refractivity contribution in [1.29, 1.82) is 5.26 Å². The first-order valence-electron chi connectivity index (χ1n) is 16.4. The lowest BCUT2D eigenvalue weighted by Gasteiger charge is -2.26. The van der Waals surface area contributed by atoms with Crippen LogP contribution < -0.4 is 14.8 Å². The summed E-state index contributed by atoms with van der Waals surface area (Å²) in [5.41, 5.74) is 1.66. The Bertz CT molecular complexity index is 1650. The number of nitrogens with one attached hydrogen (secondary N) is 1. The molecule has 0 radical (unpaired) electrons. The molecule has 0 bridgehead atoms. The summed E-state index contributed by atoms with van der Waals surface area (Å²) in [6, 6.07) is 22.2. The van der Waals surface area contributed by atoms with Gasteiger partial charge in [-0.25, -0.2) is 8.78 Å². The molecule has 1 unspecified atom stereocenters. The second kappa shape index (κ2) is 17.0. The van der Waals surface area contributed by atoms with E-state index >= 15 is 8.78 Å². The van der Waals surface area contributed by atoms with Crippen molar-refractivity contribution >= 4 is 5.69 Å². The van der Waals surface area contributed by atoms with Crippen LogP contribution in [-0.2, 0) is 24.8 Å². The highest BCUT2D eigenvalue weighted by molar-refractivity contribution is 5.46. The van der Waals surface area contributed by atoms with Gasteiger partial charge in [-0.1, -0.05) is 51.2 Å². The van der Waals surface area contributed by atoms with Crippen molar-refractivity contribution in [2.24, 2.45) is 0 Å². The largest absolute Gasteiger partial charge is 0.454 e. The highest BCUT2D eigenvalue weighted by atomic mass is 19.3. The number of nitriles is 1. The summed E-state index contributed by atoms with van der Waals surface area (Å²) in [6.45, 7) is 1.62. The van der Waals surface area contributed by atoms with Crippen molar-refractivity contribution in [2.75, 3.05) is 12.4 Å². The van der Waals surface area contributed by atoms with E-state index in [9.17, 15) is 13.2 Å². The zero-order valence-corrected chi connectivity index (χ0v) is 27.3. The van der Waals surface area contributed by atoms with Crippen LogP contribution >= 0.6 is 0 Å². The Morgan fingerprint density at radius 3 is 1.60 bits per heavy atom. The molecule has 0 fully saturated rings. The standard InChI is InChI=1S/C39H41F5N2O2/c1-3-38(42,47-32-21-17-31(46-2)18-22-32)34-23-15-28(25-36(34)40)11-9-7-5-4-6-8-10-12-29-16-24-35(37(41)26-29)39(43,44)48-33-19-13-30(27-45)14-20-33/h13-26,46H,3-12H2,1-2H3. The van der Waals surface area contributed by atoms with Crippen LogP contribution in [0.25, 0.3) is 0 Å². The third-order valence-electron chi connectivity index (χ3n) is 8.32. The van der Waals surface area contributed by atoms with Crippen LogP contribution in [0, 0.1) is 23.0 Å². The number of halogens is 5. The van der Waals surface area contributed by atoms with Gasteiger partial charge in [-0.05, 0) is 110 Å².